The second-order valence-corrected chi connectivity index (χ2v) is 6.91. The standard InChI is InChI=1S/C21H25ClN2O2/c22-15-21(25)23-19-10-11-24(16-19)12-13-26-20-8-6-18(7-9-20)14-17-4-2-1-3-5-17/h1-9,19H,10-16H2,(H,23,25). The van der Waals surface area contributed by atoms with Crippen LogP contribution in [-0.2, 0) is 11.2 Å². The van der Waals surface area contributed by atoms with Gasteiger partial charge in [-0.2, -0.15) is 0 Å². The molecule has 0 bridgehead atoms. The number of nitrogens with one attached hydrogen (secondary N) is 1. The van der Waals surface area contributed by atoms with Crippen molar-refractivity contribution in [2.75, 3.05) is 32.1 Å². The van der Waals surface area contributed by atoms with Gasteiger partial charge in [-0.05, 0) is 36.1 Å². The van der Waals surface area contributed by atoms with E-state index in [9.17, 15) is 4.79 Å². The Labute approximate surface area is 160 Å². The molecule has 0 spiro atoms. The van der Waals surface area contributed by atoms with E-state index >= 15 is 0 Å². The highest BCUT2D eigenvalue weighted by Gasteiger charge is 2.23. The first kappa shape index (κ1) is 18.7. The van der Waals surface area contributed by atoms with Gasteiger partial charge in [0.1, 0.15) is 18.2 Å². The molecule has 0 radical (unpaired) electrons. The molecule has 138 valence electrons. The van der Waals surface area contributed by atoms with E-state index in [0.717, 1.165) is 38.2 Å². The van der Waals surface area contributed by atoms with Gasteiger partial charge in [-0.25, -0.2) is 0 Å². The maximum atomic E-state index is 11.3. The predicted octanol–water partition coefficient (Wildman–Crippen LogP) is 3.09. The predicted molar refractivity (Wildman–Crippen MR) is 105 cm³/mol. The van der Waals surface area contributed by atoms with E-state index in [0.29, 0.717) is 6.61 Å². The fourth-order valence-corrected chi connectivity index (χ4v) is 3.32. The van der Waals surface area contributed by atoms with Gasteiger partial charge in [0.15, 0.2) is 0 Å². The van der Waals surface area contributed by atoms with Gasteiger partial charge in [0.05, 0.1) is 0 Å². The summed E-state index contributed by atoms with van der Waals surface area (Å²) in [6.07, 6.45) is 1.90. The van der Waals surface area contributed by atoms with Crippen molar-refractivity contribution in [2.45, 2.75) is 18.9 Å². The number of hydrogen-bond acceptors (Lipinski definition) is 3. The Hall–Kier alpha value is -2.04. The van der Waals surface area contributed by atoms with Gasteiger partial charge in [0.25, 0.3) is 0 Å². The first-order valence-electron chi connectivity index (χ1n) is 9.06. The third kappa shape index (κ3) is 5.75. The van der Waals surface area contributed by atoms with Crippen molar-refractivity contribution >= 4 is 17.5 Å². The number of carbonyl (C=O) groups is 1. The summed E-state index contributed by atoms with van der Waals surface area (Å²) in [5.41, 5.74) is 2.59. The number of likely N-dealkylation sites (tertiary alicyclic amines) is 1. The molecule has 1 atom stereocenters. The summed E-state index contributed by atoms with van der Waals surface area (Å²) >= 11 is 5.53. The van der Waals surface area contributed by atoms with Crippen LogP contribution in [0.5, 0.6) is 5.75 Å². The van der Waals surface area contributed by atoms with Crippen LogP contribution < -0.4 is 10.1 Å². The molecule has 1 unspecified atom stereocenters. The Bertz CT molecular complexity index is 691. The van der Waals surface area contributed by atoms with Crippen LogP contribution in [0.2, 0.25) is 0 Å². The lowest BCUT2D eigenvalue weighted by Crippen LogP contribution is -2.38. The molecule has 5 heteroatoms. The first-order valence-corrected chi connectivity index (χ1v) is 9.60. The van der Waals surface area contributed by atoms with Gasteiger partial charge in [0.2, 0.25) is 5.91 Å². The van der Waals surface area contributed by atoms with Crippen LogP contribution in [0.1, 0.15) is 17.5 Å². The van der Waals surface area contributed by atoms with Gasteiger partial charge in [0, 0.05) is 25.7 Å². The first-order chi connectivity index (χ1) is 12.7. The molecule has 1 N–H and O–H groups in total. The molecule has 1 aliphatic rings. The van der Waals surface area contributed by atoms with Crippen molar-refractivity contribution in [1.82, 2.24) is 10.2 Å². The van der Waals surface area contributed by atoms with Crippen LogP contribution in [0, 0.1) is 0 Å². The monoisotopic (exact) mass is 372 g/mol. The molecule has 0 saturated carbocycles. The molecule has 0 aromatic heterocycles. The number of amides is 1. The smallest absolute Gasteiger partial charge is 0.235 e. The largest absolute Gasteiger partial charge is 0.492 e. The van der Waals surface area contributed by atoms with E-state index in [2.05, 4.69) is 46.6 Å². The lowest BCUT2D eigenvalue weighted by atomic mass is 10.1. The van der Waals surface area contributed by atoms with Crippen molar-refractivity contribution in [3.8, 4) is 5.75 Å². The number of carbonyl (C=O) groups excluding carboxylic acids is 1. The molecule has 4 nitrogen and oxygen atoms in total. The Morgan fingerprint density at radius 3 is 2.58 bits per heavy atom. The molecular weight excluding hydrogens is 348 g/mol. The molecule has 2 aromatic carbocycles. The van der Waals surface area contributed by atoms with Crippen molar-refractivity contribution < 1.29 is 9.53 Å². The van der Waals surface area contributed by atoms with E-state index in [-0.39, 0.29) is 17.8 Å². The van der Waals surface area contributed by atoms with Crippen LogP contribution in [0.25, 0.3) is 0 Å². The third-order valence-electron chi connectivity index (χ3n) is 4.61. The van der Waals surface area contributed by atoms with Crippen LogP contribution in [-0.4, -0.2) is 49.0 Å². The number of benzene rings is 2. The molecule has 1 aliphatic heterocycles. The molecule has 26 heavy (non-hydrogen) atoms. The van der Waals surface area contributed by atoms with Crippen LogP contribution in [0.3, 0.4) is 0 Å². The van der Waals surface area contributed by atoms with Crippen LogP contribution in [0.15, 0.2) is 54.6 Å². The molecule has 1 heterocycles. The third-order valence-corrected chi connectivity index (χ3v) is 4.85. The number of nitrogens with zero attached hydrogens (tertiary/aromatic N) is 1. The van der Waals surface area contributed by atoms with Gasteiger partial charge >= 0.3 is 0 Å². The second-order valence-electron chi connectivity index (χ2n) is 6.64. The zero-order valence-corrected chi connectivity index (χ0v) is 15.6. The topological polar surface area (TPSA) is 41.6 Å². The summed E-state index contributed by atoms with van der Waals surface area (Å²) in [7, 11) is 0. The summed E-state index contributed by atoms with van der Waals surface area (Å²) in [4.78, 5) is 13.6. The average molecular weight is 373 g/mol. The highest BCUT2D eigenvalue weighted by Crippen LogP contribution is 2.16. The molecular formula is C21H25ClN2O2. The number of rotatable bonds is 8. The van der Waals surface area contributed by atoms with E-state index in [1.807, 2.05) is 18.2 Å². The average Bonchev–Trinajstić information content (AvgIpc) is 3.11. The lowest BCUT2D eigenvalue weighted by molar-refractivity contribution is -0.119. The van der Waals surface area contributed by atoms with Gasteiger partial charge < -0.3 is 10.1 Å². The fraction of sp³-hybridized carbons (Fsp3) is 0.381. The quantitative estimate of drug-likeness (QED) is 0.724. The fourth-order valence-electron chi connectivity index (χ4n) is 3.25. The number of hydrogen-bond donors (Lipinski definition) is 1. The number of halogens is 1. The number of ether oxygens (including phenoxy) is 1. The minimum absolute atomic E-state index is 0.0277. The Morgan fingerprint density at radius 2 is 1.85 bits per heavy atom. The van der Waals surface area contributed by atoms with Crippen molar-refractivity contribution in [3.63, 3.8) is 0 Å². The van der Waals surface area contributed by atoms with Gasteiger partial charge in [-0.1, -0.05) is 42.5 Å². The highest BCUT2D eigenvalue weighted by molar-refractivity contribution is 6.27. The van der Waals surface area contributed by atoms with E-state index in [4.69, 9.17) is 16.3 Å². The molecule has 3 rings (SSSR count). The Balaban J connectivity index is 1.38. The summed E-state index contributed by atoms with van der Waals surface area (Å²) < 4.78 is 5.86. The molecule has 2 aromatic rings. The van der Waals surface area contributed by atoms with E-state index in [1.54, 1.807) is 0 Å². The Morgan fingerprint density at radius 1 is 1.12 bits per heavy atom. The van der Waals surface area contributed by atoms with Crippen molar-refractivity contribution in [3.05, 3.63) is 65.7 Å². The van der Waals surface area contributed by atoms with Crippen molar-refractivity contribution in [2.24, 2.45) is 0 Å². The molecule has 0 aliphatic carbocycles. The van der Waals surface area contributed by atoms with Gasteiger partial charge in [-0.15, -0.1) is 11.6 Å². The van der Waals surface area contributed by atoms with Crippen LogP contribution >= 0.6 is 11.6 Å². The maximum absolute atomic E-state index is 11.3. The normalized spacial score (nSPS) is 17.2. The zero-order chi connectivity index (χ0) is 18.2. The van der Waals surface area contributed by atoms with E-state index < -0.39 is 0 Å². The molecule has 1 amide bonds. The summed E-state index contributed by atoms with van der Waals surface area (Å²) in [6, 6.07) is 19.0. The summed E-state index contributed by atoms with van der Waals surface area (Å²) in [6.45, 7) is 3.35. The number of alkyl halides is 1. The lowest BCUT2D eigenvalue weighted by Gasteiger charge is -2.17. The van der Waals surface area contributed by atoms with Crippen molar-refractivity contribution in [1.29, 1.82) is 0 Å². The maximum Gasteiger partial charge on any atom is 0.235 e. The van der Waals surface area contributed by atoms with E-state index in [1.165, 1.54) is 11.1 Å². The minimum atomic E-state index is -0.0923. The molecule has 1 saturated heterocycles. The molecule has 1 fully saturated rings. The zero-order valence-electron chi connectivity index (χ0n) is 14.9. The van der Waals surface area contributed by atoms with Crippen LogP contribution in [0.4, 0.5) is 0 Å². The highest BCUT2D eigenvalue weighted by atomic mass is 35.5. The summed E-state index contributed by atoms with van der Waals surface area (Å²) in [5, 5.41) is 2.94. The van der Waals surface area contributed by atoms with Gasteiger partial charge in [-0.3, -0.25) is 9.69 Å². The summed E-state index contributed by atoms with van der Waals surface area (Å²) in [5.74, 6) is 0.832. The SMILES string of the molecule is O=C(CCl)NC1CCN(CCOc2ccc(Cc3ccccc3)cc2)C1. The minimum Gasteiger partial charge on any atom is -0.492 e. The second kappa shape index (κ2) is 9.60. The Kier molecular flexibility index (Phi) is 6.92.